The van der Waals surface area contributed by atoms with Crippen molar-refractivity contribution in [3.63, 3.8) is 0 Å². The van der Waals surface area contributed by atoms with Gasteiger partial charge in [0.25, 0.3) is 0 Å². The Labute approximate surface area is 227 Å². The van der Waals surface area contributed by atoms with Crippen LogP contribution in [0.25, 0.3) is 10.4 Å². The largest absolute Gasteiger partial charge is 0.479 e. The van der Waals surface area contributed by atoms with E-state index in [2.05, 4.69) is 5.32 Å². The van der Waals surface area contributed by atoms with Gasteiger partial charge in [0.15, 0.2) is 17.2 Å². The van der Waals surface area contributed by atoms with Gasteiger partial charge in [-0.3, -0.25) is 0 Å². The molecule has 0 aliphatic carbocycles. The van der Waals surface area contributed by atoms with Crippen LogP contribution in [0.4, 0.5) is 10.1 Å². The minimum absolute atomic E-state index is 0.00497. The number of piperidine rings is 1. The number of benzene rings is 2. The molecule has 38 heavy (non-hydrogen) atoms. The first-order valence-corrected chi connectivity index (χ1v) is 14.3. The normalized spacial score (nSPS) is 14.8. The molecule has 0 saturated carbocycles. The van der Waals surface area contributed by atoms with Gasteiger partial charge in [-0.2, -0.15) is 0 Å². The first-order chi connectivity index (χ1) is 18.0. The van der Waals surface area contributed by atoms with Crippen molar-refractivity contribution in [2.75, 3.05) is 25.0 Å². The highest BCUT2D eigenvalue weighted by atomic mass is 35.5. The SMILES string of the molecule is O=C(O)COc1c(C(=O)O)sc(-c2cccc(NC3CCN(S(=O)(=O)Cc4ccc(F)cc4)CC3)c2)c1Cl. The van der Waals surface area contributed by atoms with Gasteiger partial charge in [-0.1, -0.05) is 35.9 Å². The number of anilines is 1. The Morgan fingerprint density at radius 1 is 1.13 bits per heavy atom. The molecule has 202 valence electrons. The van der Waals surface area contributed by atoms with Gasteiger partial charge in [0, 0.05) is 24.8 Å². The smallest absolute Gasteiger partial charge is 0.349 e. The molecule has 0 unspecified atom stereocenters. The summed E-state index contributed by atoms with van der Waals surface area (Å²) in [5, 5.41) is 21.8. The quantitative estimate of drug-likeness (QED) is 0.311. The lowest BCUT2D eigenvalue weighted by atomic mass is 10.1. The summed E-state index contributed by atoms with van der Waals surface area (Å²) < 4.78 is 45.3. The maximum absolute atomic E-state index is 13.1. The van der Waals surface area contributed by atoms with E-state index in [1.807, 2.05) is 6.07 Å². The van der Waals surface area contributed by atoms with Crippen LogP contribution in [0.3, 0.4) is 0 Å². The van der Waals surface area contributed by atoms with Crippen LogP contribution in [0.5, 0.6) is 5.75 Å². The Morgan fingerprint density at radius 2 is 1.82 bits per heavy atom. The zero-order valence-electron chi connectivity index (χ0n) is 19.9. The number of hydrogen-bond donors (Lipinski definition) is 3. The number of halogens is 2. The molecule has 0 amide bonds. The van der Waals surface area contributed by atoms with Gasteiger partial charge >= 0.3 is 11.9 Å². The van der Waals surface area contributed by atoms with Crippen LogP contribution in [-0.2, 0) is 20.6 Å². The zero-order valence-corrected chi connectivity index (χ0v) is 22.3. The van der Waals surface area contributed by atoms with E-state index >= 15 is 0 Å². The fourth-order valence-corrected chi connectivity index (χ4v) is 7.10. The molecule has 9 nitrogen and oxygen atoms in total. The van der Waals surface area contributed by atoms with Crippen LogP contribution in [0, 0.1) is 5.82 Å². The number of thiophene rings is 1. The molecular weight excluding hydrogens is 559 g/mol. The van der Waals surface area contributed by atoms with Crippen LogP contribution in [0.1, 0.15) is 28.1 Å². The Balaban J connectivity index is 1.42. The number of aliphatic carboxylic acids is 1. The summed E-state index contributed by atoms with van der Waals surface area (Å²) in [5.74, 6) is -3.33. The molecule has 1 aliphatic rings. The lowest BCUT2D eigenvalue weighted by molar-refractivity contribution is -0.139. The number of carbonyl (C=O) groups is 2. The molecule has 2 heterocycles. The van der Waals surface area contributed by atoms with Gasteiger partial charge in [0.05, 0.1) is 10.6 Å². The summed E-state index contributed by atoms with van der Waals surface area (Å²) >= 11 is 7.27. The van der Waals surface area contributed by atoms with E-state index in [1.54, 1.807) is 18.2 Å². The van der Waals surface area contributed by atoms with Crippen LogP contribution in [-0.4, -0.2) is 60.6 Å². The average Bonchev–Trinajstić information content (AvgIpc) is 3.21. The molecule has 13 heteroatoms. The maximum Gasteiger partial charge on any atom is 0.349 e. The molecule has 0 spiro atoms. The van der Waals surface area contributed by atoms with Crippen molar-refractivity contribution in [1.82, 2.24) is 4.31 Å². The van der Waals surface area contributed by atoms with E-state index in [-0.39, 0.29) is 27.4 Å². The predicted molar refractivity (Wildman–Crippen MR) is 142 cm³/mol. The summed E-state index contributed by atoms with van der Waals surface area (Å²) in [6, 6.07) is 12.6. The first-order valence-electron chi connectivity index (χ1n) is 11.5. The van der Waals surface area contributed by atoms with E-state index in [0.717, 1.165) is 17.0 Å². The Bertz CT molecular complexity index is 1440. The molecular formula is C25H24ClFN2O7S2. The maximum atomic E-state index is 13.1. The Kier molecular flexibility index (Phi) is 8.56. The molecule has 0 radical (unpaired) electrons. The summed E-state index contributed by atoms with van der Waals surface area (Å²) in [4.78, 5) is 22.8. The molecule has 1 aliphatic heterocycles. The van der Waals surface area contributed by atoms with Gasteiger partial charge in [0.1, 0.15) is 10.8 Å². The van der Waals surface area contributed by atoms with Gasteiger partial charge < -0.3 is 20.3 Å². The molecule has 0 atom stereocenters. The van der Waals surface area contributed by atoms with Crippen molar-refractivity contribution in [3.8, 4) is 16.2 Å². The van der Waals surface area contributed by atoms with Crippen molar-refractivity contribution < 1.29 is 37.3 Å². The van der Waals surface area contributed by atoms with Crippen LogP contribution in [0.15, 0.2) is 48.5 Å². The fourth-order valence-electron chi connectivity index (χ4n) is 4.13. The fraction of sp³-hybridized carbons (Fsp3) is 0.280. The summed E-state index contributed by atoms with van der Waals surface area (Å²) in [6.45, 7) is -0.0517. The van der Waals surface area contributed by atoms with E-state index in [4.69, 9.17) is 21.4 Å². The summed E-state index contributed by atoms with van der Waals surface area (Å²) in [6.07, 6.45) is 1.14. The van der Waals surface area contributed by atoms with E-state index in [1.165, 1.54) is 28.6 Å². The van der Waals surface area contributed by atoms with Gasteiger partial charge in [-0.05, 0) is 48.2 Å². The summed E-state index contributed by atoms with van der Waals surface area (Å²) in [7, 11) is -3.54. The number of carboxylic acid groups (broad SMARTS) is 2. The molecule has 1 fully saturated rings. The number of sulfonamides is 1. The minimum Gasteiger partial charge on any atom is -0.479 e. The molecule has 1 saturated heterocycles. The van der Waals surface area contributed by atoms with Crippen molar-refractivity contribution in [2.45, 2.75) is 24.6 Å². The molecule has 3 aromatic rings. The highest BCUT2D eigenvalue weighted by Gasteiger charge is 2.29. The van der Waals surface area contributed by atoms with Crippen molar-refractivity contribution >= 4 is 50.6 Å². The number of nitrogens with one attached hydrogen (secondary N) is 1. The van der Waals surface area contributed by atoms with Crippen molar-refractivity contribution in [2.24, 2.45) is 0 Å². The highest BCUT2D eigenvalue weighted by molar-refractivity contribution is 7.88. The van der Waals surface area contributed by atoms with E-state index in [0.29, 0.717) is 41.9 Å². The van der Waals surface area contributed by atoms with E-state index in [9.17, 15) is 27.5 Å². The third kappa shape index (κ3) is 6.62. The van der Waals surface area contributed by atoms with Crippen molar-refractivity contribution in [3.05, 3.63) is 69.8 Å². The average molecular weight is 583 g/mol. The number of hydrogen-bond acceptors (Lipinski definition) is 7. The first kappa shape index (κ1) is 27.8. The monoisotopic (exact) mass is 582 g/mol. The van der Waals surface area contributed by atoms with Gasteiger partial charge in [-0.15, -0.1) is 11.3 Å². The lowest BCUT2D eigenvalue weighted by Gasteiger charge is -2.32. The minimum atomic E-state index is -3.54. The molecule has 4 rings (SSSR count). The van der Waals surface area contributed by atoms with Crippen LogP contribution >= 0.6 is 22.9 Å². The molecule has 1 aromatic heterocycles. The zero-order chi connectivity index (χ0) is 27.4. The van der Waals surface area contributed by atoms with E-state index < -0.39 is 34.4 Å². The van der Waals surface area contributed by atoms with Crippen LogP contribution < -0.4 is 10.1 Å². The number of nitrogens with zero attached hydrogens (tertiary/aromatic N) is 1. The van der Waals surface area contributed by atoms with Gasteiger partial charge in [0.2, 0.25) is 10.0 Å². The second-order valence-electron chi connectivity index (χ2n) is 8.67. The third-order valence-corrected chi connectivity index (χ3v) is 9.48. The second-order valence-corrected chi connectivity index (χ2v) is 12.0. The number of rotatable bonds is 10. The van der Waals surface area contributed by atoms with Gasteiger partial charge in [-0.25, -0.2) is 26.7 Å². The van der Waals surface area contributed by atoms with Crippen LogP contribution in [0.2, 0.25) is 5.02 Å². The lowest BCUT2D eigenvalue weighted by Crippen LogP contribution is -2.42. The Morgan fingerprint density at radius 3 is 2.45 bits per heavy atom. The third-order valence-electron chi connectivity index (χ3n) is 5.95. The molecule has 2 aromatic carbocycles. The predicted octanol–water partition coefficient (Wildman–Crippen LogP) is 4.78. The standard InChI is InChI=1S/C25H24ClFN2O7S2/c26-21-22(36-13-20(30)31)24(25(32)33)37-23(21)16-2-1-3-19(12-16)28-18-8-10-29(11-9-18)38(34,35)14-15-4-6-17(27)7-5-15/h1-7,12,18,28H,8-11,13-14H2,(H,30,31)(H,32,33). The molecule has 0 bridgehead atoms. The summed E-state index contributed by atoms with van der Waals surface area (Å²) in [5.41, 5.74) is 1.89. The second kappa shape index (κ2) is 11.7. The highest BCUT2D eigenvalue weighted by Crippen LogP contribution is 2.46. The number of aromatic carboxylic acids is 1. The van der Waals surface area contributed by atoms with Crippen molar-refractivity contribution in [1.29, 1.82) is 0 Å². The topological polar surface area (TPSA) is 133 Å². The Hall–Kier alpha value is -3.19. The number of carboxylic acids is 2. The number of ether oxygens (including phenoxy) is 1. The molecule has 3 N–H and O–H groups in total.